The zero-order valence-electron chi connectivity index (χ0n) is 24.2. The fraction of sp³-hybridized carbons (Fsp3) is 0.0606. The molecule has 0 saturated carbocycles. The molecular weight excluding hydrogens is 607 g/mol. The van der Waals surface area contributed by atoms with Gasteiger partial charge in [-0.3, -0.25) is 14.9 Å². The standard InChI is InChI=1S/C33H25FN8O3S/c1-46(44,45)38-15-19-9-21(11-24(34)10-19)26-7-8-36-31-27(26)14-29(40-31)30-28-13-23(17-37-32(28)42-41-30)22-12-25(18-35-16-22)39-33(43)20-5-3-2-4-6-20/h2-14,16-18,38H,15H2,1H3,(H,36,40)(H,39,43)(H,37,41,42). The van der Waals surface area contributed by atoms with Gasteiger partial charge < -0.3 is 10.3 Å². The van der Waals surface area contributed by atoms with E-state index in [2.05, 4.69) is 40.2 Å². The Balaban J connectivity index is 1.22. The number of aromatic amines is 2. The summed E-state index contributed by atoms with van der Waals surface area (Å²) in [6.07, 6.45) is 7.65. The minimum Gasteiger partial charge on any atom is -0.338 e. The molecule has 0 fully saturated rings. The normalized spacial score (nSPS) is 11.7. The fourth-order valence-corrected chi connectivity index (χ4v) is 5.68. The molecule has 0 aliphatic rings. The number of carbonyl (C=O) groups is 1. The van der Waals surface area contributed by atoms with Crippen LogP contribution in [0.5, 0.6) is 0 Å². The number of hydrogen-bond acceptors (Lipinski definition) is 7. The molecule has 46 heavy (non-hydrogen) atoms. The summed E-state index contributed by atoms with van der Waals surface area (Å²) < 4.78 is 40.2. The topological polar surface area (TPSA) is 158 Å². The summed E-state index contributed by atoms with van der Waals surface area (Å²) in [5, 5.41) is 11.9. The Morgan fingerprint density at radius 2 is 1.70 bits per heavy atom. The molecule has 2 aromatic carbocycles. The number of pyridine rings is 3. The van der Waals surface area contributed by atoms with Gasteiger partial charge in [-0.15, -0.1) is 0 Å². The van der Waals surface area contributed by atoms with Crippen LogP contribution in [0, 0.1) is 5.82 Å². The zero-order valence-corrected chi connectivity index (χ0v) is 25.1. The second-order valence-electron chi connectivity index (χ2n) is 10.7. The van der Waals surface area contributed by atoms with E-state index in [0.717, 1.165) is 28.2 Å². The minimum absolute atomic E-state index is 0.0391. The van der Waals surface area contributed by atoms with E-state index in [1.807, 2.05) is 24.3 Å². The van der Waals surface area contributed by atoms with Crippen molar-refractivity contribution in [3.63, 3.8) is 0 Å². The molecule has 1 amide bonds. The van der Waals surface area contributed by atoms with Crippen LogP contribution in [0.25, 0.3) is 55.7 Å². The maximum absolute atomic E-state index is 14.6. The molecule has 5 aromatic heterocycles. The molecule has 0 aliphatic carbocycles. The number of rotatable bonds is 8. The van der Waals surface area contributed by atoms with Crippen LogP contribution >= 0.6 is 0 Å². The molecule has 4 N–H and O–H groups in total. The summed E-state index contributed by atoms with van der Waals surface area (Å²) in [5.74, 6) is -0.726. The third kappa shape index (κ3) is 5.96. The van der Waals surface area contributed by atoms with Crippen LogP contribution in [0.2, 0.25) is 0 Å². The SMILES string of the molecule is CS(=O)(=O)NCc1cc(F)cc(-c2ccnc3[nH]c(-c4n[nH]c5ncc(-c6cncc(NC(=O)c7ccccc7)c6)cc45)cc23)c1. The zero-order chi connectivity index (χ0) is 31.8. The number of benzene rings is 2. The minimum atomic E-state index is -3.45. The molecular formula is C33H25FN8O3S. The van der Waals surface area contributed by atoms with Gasteiger partial charge in [0.15, 0.2) is 5.65 Å². The maximum atomic E-state index is 14.6. The van der Waals surface area contributed by atoms with E-state index < -0.39 is 15.8 Å². The van der Waals surface area contributed by atoms with E-state index in [-0.39, 0.29) is 12.5 Å². The highest BCUT2D eigenvalue weighted by Gasteiger charge is 2.17. The molecule has 7 rings (SSSR count). The van der Waals surface area contributed by atoms with Crippen LogP contribution in [-0.2, 0) is 16.6 Å². The van der Waals surface area contributed by atoms with E-state index in [4.69, 9.17) is 0 Å². The van der Waals surface area contributed by atoms with Crippen molar-refractivity contribution in [3.05, 3.63) is 115 Å². The van der Waals surface area contributed by atoms with Gasteiger partial charge in [0.25, 0.3) is 5.91 Å². The van der Waals surface area contributed by atoms with Crippen molar-refractivity contribution in [2.24, 2.45) is 0 Å². The monoisotopic (exact) mass is 632 g/mol. The molecule has 0 spiro atoms. The molecule has 228 valence electrons. The lowest BCUT2D eigenvalue weighted by Gasteiger charge is -2.08. The molecule has 13 heteroatoms. The first-order valence-electron chi connectivity index (χ1n) is 14.1. The Hall–Kier alpha value is -5.79. The quantitative estimate of drug-likeness (QED) is 0.168. The van der Waals surface area contributed by atoms with Crippen LogP contribution in [0.1, 0.15) is 15.9 Å². The first-order chi connectivity index (χ1) is 22.2. The highest BCUT2D eigenvalue weighted by Crippen LogP contribution is 2.35. The third-order valence-corrected chi connectivity index (χ3v) is 8.04. The lowest BCUT2D eigenvalue weighted by molar-refractivity contribution is 0.102. The summed E-state index contributed by atoms with van der Waals surface area (Å²) in [6, 6.07) is 20.8. The van der Waals surface area contributed by atoms with Gasteiger partial charge in [-0.25, -0.2) is 27.5 Å². The molecule has 7 aromatic rings. The van der Waals surface area contributed by atoms with E-state index in [1.54, 1.807) is 61.2 Å². The molecule has 0 unspecified atom stereocenters. The Labute approximate surface area is 262 Å². The number of anilines is 1. The van der Waals surface area contributed by atoms with E-state index >= 15 is 0 Å². The summed E-state index contributed by atoms with van der Waals surface area (Å²) >= 11 is 0. The summed E-state index contributed by atoms with van der Waals surface area (Å²) in [6.45, 7) is -0.0391. The van der Waals surface area contributed by atoms with Gasteiger partial charge >= 0.3 is 0 Å². The van der Waals surface area contributed by atoms with Gasteiger partial charge in [0.1, 0.15) is 17.2 Å². The number of fused-ring (bicyclic) bond motifs is 2. The number of nitrogens with zero attached hydrogens (tertiary/aromatic N) is 4. The molecule has 0 bridgehead atoms. The van der Waals surface area contributed by atoms with Crippen LogP contribution in [0.4, 0.5) is 10.1 Å². The van der Waals surface area contributed by atoms with Crippen LogP contribution < -0.4 is 10.0 Å². The Morgan fingerprint density at radius 3 is 2.52 bits per heavy atom. The van der Waals surface area contributed by atoms with E-state index in [0.29, 0.717) is 50.6 Å². The molecule has 0 saturated heterocycles. The molecule has 0 aliphatic heterocycles. The van der Waals surface area contributed by atoms with Crippen molar-refractivity contribution >= 4 is 43.7 Å². The maximum Gasteiger partial charge on any atom is 0.255 e. The van der Waals surface area contributed by atoms with Crippen LogP contribution in [-0.4, -0.2) is 50.7 Å². The largest absolute Gasteiger partial charge is 0.338 e. The van der Waals surface area contributed by atoms with E-state index in [9.17, 15) is 17.6 Å². The van der Waals surface area contributed by atoms with Gasteiger partial charge in [-0.1, -0.05) is 18.2 Å². The number of sulfonamides is 1. The number of H-pyrrole nitrogens is 2. The number of carbonyl (C=O) groups excluding carboxylic acids is 1. The molecule has 0 radical (unpaired) electrons. The van der Waals surface area contributed by atoms with E-state index in [1.165, 1.54) is 12.1 Å². The highest BCUT2D eigenvalue weighted by molar-refractivity contribution is 7.88. The van der Waals surface area contributed by atoms with Gasteiger partial charge in [0, 0.05) is 52.6 Å². The lowest BCUT2D eigenvalue weighted by Crippen LogP contribution is -2.21. The average Bonchev–Trinajstić information content (AvgIpc) is 3.68. The van der Waals surface area contributed by atoms with Gasteiger partial charge in [-0.2, -0.15) is 5.10 Å². The predicted octanol–water partition coefficient (Wildman–Crippen LogP) is 5.67. The lowest BCUT2D eigenvalue weighted by atomic mass is 10.0. The molecule has 5 heterocycles. The van der Waals surface area contributed by atoms with Crippen molar-refractivity contribution in [1.29, 1.82) is 0 Å². The Bertz CT molecular complexity index is 2370. The van der Waals surface area contributed by atoms with Crippen LogP contribution in [0.15, 0.2) is 97.6 Å². The summed E-state index contributed by atoms with van der Waals surface area (Å²) in [5.41, 5.74) is 6.78. The van der Waals surface area contributed by atoms with Crippen molar-refractivity contribution in [1.82, 2.24) is 34.9 Å². The predicted molar refractivity (Wildman–Crippen MR) is 174 cm³/mol. The van der Waals surface area contributed by atoms with Gasteiger partial charge in [-0.05, 0) is 71.3 Å². The summed E-state index contributed by atoms with van der Waals surface area (Å²) in [4.78, 5) is 29.3. The number of amides is 1. The van der Waals surface area contributed by atoms with Crippen molar-refractivity contribution in [2.45, 2.75) is 6.54 Å². The Morgan fingerprint density at radius 1 is 0.870 bits per heavy atom. The Kier molecular flexibility index (Phi) is 7.31. The number of halogens is 1. The smallest absolute Gasteiger partial charge is 0.255 e. The first kappa shape index (κ1) is 29.0. The fourth-order valence-electron chi connectivity index (χ4n) is 5.25. The number of aromatic nitrogens is 6. The second kappa shape index (κ2) is 11.6. The van der Waals surface area contributed by atoms with Crippen molar-refractivity contribution in [3.8, 4) is 33.6 Å². The summed E-state index contributed by atoms with van der Waals surface area (Å²) in [7, 11) is -3.45. The molecule has 11 nitrogen and oxygen atoms in total. The van der Waals surface area contributed by atoms with Crippen molar-refractivity contribution in [2.75, 3.05) is 11.6 Å². The average molecular weight is 633 g/mol. The van der Waals surface area contributed by atoms with Crippen LogP contribution in [0.3, 0.4) is 0 Å². The number of nitrogens with one attached hydrogen (secondary N) is 4. The third-order valence-electron chi connectivity index (χ3n) is 7.38. The second-order valence-corrected chi connectivity index (χ2v) is 12.6. The van der Waals surface area contributed by atoms with Gasteiger partial charge in [0.2, 0.25) is 10.0 Å². The molecule has 0 atom stereocenters. The van der Waals surface area contributed by atoms with Crippen molar-refractivity contribution < 1.29 is 17.6 Å². The van der Waals surface area contributed by atoms with Gasteiger partial charge in [0.05, 0.1) is 23.8 Å². The first-order valence-corrected chi connectivity index (χ1v) is 16.0. The highest BCUT2D eigenvalue weighted by atomic mass is 32.2. The number of hydrogen-bond donors (Lipinski definition) is 4.